The molecule has 0 saturated heterocycles. The van der Waals surface area contributed by atoms with Gasteiger partial charge in [0, 0.05) is 11.0 Å². The normalized spacial score (nSPS) is 11.5. The number of benzene rings is 1. The summed E-state index contributed by atoms with van der Waals surface area (Å²) in [6.45, 7) is 5.90. The molecule has 1 N–H and O–H groups in total. The summed E-state index contributed by atoms with van der Waals surface area (Å²) in [6.07, 6.45) is 0. The first kappa shape index (κ1) is 15.7. The smallest absolute Gasteiger partial charge is 0.265 e. The van der Waals surface area contributed by atoms with Gasteiger partial charge in [-0.15, -0.1) is 0 Å². The van der Waals surface area contributed by atoms with Crippen molar-refractivity contribution in [1.82, 2.24) is 9.97 Å². The van der Waals surface area contributed by atoms with E-state index >= 15 is 0 Å². The average Bonchev–Trinajstić information content (AvgIpc) is 2.41. The summed E-state index contributed by atoms with van der Waals surface area (Å²) in [4.78, 5) is 19.2. The predicted octanol–water partition coefficient (Wildman–Crippen LogP) is 3.64. The van der Waals surface area contributed by atoms with Crippen LogP contribution in [0.4, 0.5) is 4.39 Å². The molecule has 0 unspecified atom stereocenters. The summed E-state index contributed by atoms with van der Waals surface area (Å²) in [5, 5.41) is 0. The molecular weight excluding hydrogens is 339 g/mol. The van der Waals surface area contributed by atoms with Gasteiger partial charge in [0.1, 0.15) is 10.3 Å². The molecular formula is C15H16BrFN2O2. The van der Waals surface area contributed by atoms with Gasteiger partial charge in [-0.2, -0.15) is 0 Å². The molecule has 0 atom stereocenters. The van der Waals surface area contributed by atoms with Crippen LogP contribution in [0.25, 0.3) is 11.4 Å². The number of rotatable bonds is 2. The Balaban J connectivity index is 2.65. The molecule has 0 aliphatic rings. The number of hydrogen-bond donors (Lipinski definition) is 1. The van der Waals surface area contributed by atoms with Crippen molar-refractivity contribution in [3.05, 3.63) is 44.5 Å². The van der Waals surface area contributed by atoms with Crippen molar-refractivity contribution >= 4 is 15.9 Å². The highest BCUT2D eigenvalue weighted by Gasteiger charge is 2.22. The summed E-state index contributed by atoms with van der Waals surface area (Å²) in [5.41, 5.74) is 0.660. The summed E-state index contributed by atoms with van der Waals surface area (Å²) in [5.74, 6) is 0.0264. The van der Waals surface area contributed by atoms with Crippen molar-refractivity contribution in [2.75, 3.05) is 7.11 Å². The van der Waals surface area contributed by atoms with Crippen molar-refractivity contribution < 1.29 is 9.13 Å². The lowest BCUT2D eigenvalue weighted by atomic mass is 9.92. The van der Waals surface area contributed by atoms with Gasteiger partial charge >= 0.3 is 0 Å². The van der Waals surface area contributed by atoms with Crippen LogP contribution in [-0.2, 0) is 5.41 Å². The molecule has 4 nitrogen and oxygen atoms in total. The number of hydrogen-bond acceptors (Lipinski definition) is 3. The van der Waals surface area contributed by atoms with Crippen LogP contribution in [0.15, 0.2) is 27.5 Å². The Morgan fingerprint density at radius 1 is 1.33 bits per heavy atom. The van der Waals surface area contributed by atoms with E-state index in [4.69, 9.17) is 4.74 Å². The standard InChI is InChI=1S/C15H16BrFN2O2/c1-15(2,3)12-11(16)14(20)19-13(18-12)8-5-6-9(17)10(7-8)21-4/h5-7H,1-4H3,(H,18,19,20). The SMILES string of the molecule is COc1cc(-c2nc(C(C)(C)C)c(Br)c(=O)[nH]2)ccc1F. The second-order valence-electron chi connectivity index (χ2n) is 5.68. The van der Waals surface area contributed by atoms with Gasteiger partial charge in [0.2, 0.25) is 0 Å². The fourth-order valence-corrected chi connectivity index (χ4v) is 2.68. The first-order chi connectivity index (χ1) is 9.74. The third-order valence-corrected chi connectivity index (χ3v) is 3.73. The first-order valence-corrected chi connectivity index (χ1v) is 7.17. The largest absolute Gasteiger partial charge is 0.494 e. The van der Waals surface area contributed by atoms with Crippen molar-refractivity contribution in [1.29, 1.82) is 0 Å². The van der Waals surface area contributed by atoms with Crippen LogP contribution in [0.2, 0.25) is 0 Å². The van der Waals surface area contributed by atoms with Crippen molar-refractivity contribution in [3.63, 3.8) is 0 Å². The topological polar surface area (TPSA) is 55.0 Å². The molecule has 1 aromatic heterocycles. The Kier molecular flexibility index (Phi) is 4.18. The van der Waals surface area contributed by atoms with Crippen molar-refractivity contribution in [2.24, 2.45) is 0 Å². The number of halogens is 2. The van der Waals surface area contributed by atoms with Crippen molar-refractivity contribution in [2.45, 2.75) is 26.2 Å². The molecule has 0 radical (unpaired) electrons. The fraction of sp³-hybridized carbons (Fsp3) is 0.333. The minimum Gasteiger partial charge on any atom is -0.494 e. The molecule has 0 aliphatic carbocycles. The molecule has 0 saturated carbocycles. The Labute approximate surface area is 130 Å². The molecule has 1 aromatic carbocycles. The van der Waals surface area contributed by atoms with E-state index in [-0.39, 0.29) is 16.7 Å². The summed E-state index contributed by atoms with van der Waals surface area (Å²) in [7, 11) is 1.39. The zero-order chi connectivity index (χ0) is 15.8. The molecule has 112 valence electrons. The molecule has 0 bridgehead atoms. The number of methoxy groups -OCH3 is 1. The van der Waals surface area contributed by atoms with E-state index in [1.807, 2.05) is 20.8 Å². The number of ether oxygens (including phenoxy) is 1. The maximum absolute atomic E-state index is 13.5. The van der Waals surface area contributed by atoms with Crippen LogP contribution in [0, 0.1) is 5.82 Å². The van der Waals surface area contributed by atoms with Gasteiger partial charge in [0.15, 0.2) is 11.6 Å². The number of nitrogens with zero attached hydrogens (tertiary/aromatic N) is 1. The van der Waals surface area contributed by atoms with Gasteiger partial charge in [-0.05, 0) is 34.1 Å². The van der Waals surface area contributed by atoms with Gasteiger partial charge in [-0.3, -0.25) is 4.79 Å². The van der Waals surface area contributed by atoms with Gasteiger partial charge in [-0.1, -0.05) is 20.8 Å². The highest BCUT2D eigenvalue weighted by Crippen LogP contribution is 2.29. The first-order valence-electron chi connectivity index (χ1n) is 6.38. The minimum atomic E-state index is -0.461. The summed E-state index contributed by atoms with van der Waals surface area (Å²) in [6, 6.07) is 4.34. The number of aromatic nitrogens is 2. The second kappa shape index (κ2) is 5.60. The van der Waals surface area contributed by atoms with Crippen LogP contribution in [0.3, 0.4) is 0 Å². The lowest BCUT2D eigenvalue weighted by molar-refractivity contribution is 0.386. The molecule has 2 aromatic rings. The molecule has 0 aliphatic heterocycles. The van der Waals surface area contributed by atoms with Crippen LogP contribution in [0.1, 0.15) is 26.5 Å². The van der Waals surface area contributed by atoms with E-state index in [0.717, 1.165) is 0 Å². The summed E-state index contributed by atoms with van der Waals surface area (Å²) >= 11 is 3.27. The zero-order valence-corrected chi connectivity index (χ0v) is 13.8. The Hall–Kier alpha value is -1.69. The van der Waals surface area contributed by atoms with Gasteiger partial charge in [0.05, 0.1) is 12.8 Å². The number of nitrogens with one attached hydrogen (secondary N) is 1. The van der Waals surface area contributed by atoms with Crippen LogP contribution in [0.5, 0.6) is 5.75 Å². The van der Waals surface area contributed by atoms with Gasteiger partial charge in [0.25, 0.3) is 5.56 Å². The quantitative estimate of drug-likeness (QED) is 0.895. The molecule has 21 heavy (non-hydrogen) atoms. The molecule has 6 heteroatoms. The molecule has 0 fully saturated rings. The highest BCUT2D eigenvalue weighted by molar-refractivity contribution is 9.10. The van der Waals surface area contributed by atoms with E-state index in [2.05, 4.69) is 25.9 Å². The Bertz CT molecular complexity index is 735. The van der Waals surface area contributed by atoms with E-state index in [1.165, 1.54) is 19.2 Å². The van der Waals surface area contributed by atoms with Crippen LogP contribution < -0.4 is 10.3 Å². The number of aromatic amines is 1. The van der Waals surface area contributed by atoms with Gasteiger partial charge in [-0.25, -0.2) is 9.37 Å². The fourth-order valence-electron chi connectivity index (χ4n) is 1.90. The second-order valence-corrected chi connectivity index (χ2v) is 6.47. The maximum atomic E-state index is 13.5. The average molecular weight is 355 g/mol. The van der Waals surface area contributed by atoms with Crippen LogP contribution >= 0.6 is 15.9 Å². The monoisotopic (exact) mass is 354 g/mol. The lowest BCUT2D eigenvalue weighted by Crippen LogP contribution is -2.22. The Morgan fingerprint density at radius 2 is 2.00 bits per heavy atom. The predicted molar refractivity (Wildman–Crippen MR) is 83.2 cm³/mol. The van der Waals surface area contributed by atoms with Gasteiger partial charge < -0.3 is 9.72 Å². The Morgan fingerprint density at radius 3 is 2.57 bits per heavy atom. The molecule has 1 heterocycles. The van der Waals surface area contributed by atoms with E-state index < -0.39 is 5.82 Å². The van der Waals surface area contributed by atoms with E-state index in [1.54, 1.807) is 6.07 Å². The lowest BCUT2D eigenvalue weighted by Gasteiger charge is -2.19. The maximum Gasteiger partial charge on any atom is 0.265 e. The third kappa shape index (κ3) is 3.15. The zero-order valence-electron chi connectivity index (χ0n) is 12.3. The third-order valence-electron chi connectivity index (χ3n) is 3.00. The van der Waals surface area contributed by atoms with Crippen LogP contribution in [-0.4, -0.2) is 17.1 Å². The molecule has 2 rings (SSSR count). The van der Waals surface area contributed by atoms with E-state index in [9.17, 15) is 9.18 Å². The van der Waals surface area contributed by atoms with E-state index in [0.29, 0.717) is 21.6 Å². The number of H-pyrrole nitrogens is 1. The highest BCUT2D eigenvalue weighted by atomic mass is 79.9. The van der Waals surface area contributed by atoms with Crippen molar-refractivity contribution in [3.8, 4) is 17.1 Å². The minimum absolute atomic E-state index is 0.107. The summed E-state index contributed by atoms with van der Waals surface area (Å²) < 4.78 is 18.8. The molecule has 0 amide bonds. The molecule has 0 spiro atoms.